The normalized spacial score (nSPS) is 18.8. The Hall–Kier alpha value is -2.90. The molecular formula is C23H30N4O3. The molecule has 1 saturated heterocycles. The van der Waals surface area contributed by atoms with Crippen molar-refractivity contribution in [2.24, 2.45) is 5.10 Å². The molecule has 30 heavy (non-hydrogen) atoms. The van der Waals surface area contributed by atoms with Crippen molar-refractivity contribution in [3.05, 3.63) is 59.7 Å². The van der Waals surface area contributed by atoms with Crippen LogP contribution in [0.1, 0.15) is 50.3 Å². The Morgan fingerprint density at radius 2 is 1.80 bits per heavy atom. The number of amides is 1. The summed E-state index contributed by atoms with van der Waals surface area (Å²) in [6, 6.07) is 15.3. The largest absolute Gasteiger partial charge is 0.497 e. The van der Waals surface area contributed by atoms with E-state index in [1.54, 1.807) is 7.11 Å². The highest BCUT2D eigenvalue weighted by Crippen LogP contribution is 2.24. The molecule has 1 aliphatic rings. The van der Waals surface area contributed by atoms with Gasteiger partial charge in [-0.15, -0.1) is 0 Å². The van der Waals surface area contributed by atoms with E-state index in [4.69, 9.17) is 9.47 Å². The zero-order valence-electron chi connectivity index (χ0n) is 17.8. The first-order valence-electron chi connectivity index (χ1n) is 10.3. The number of carbonyl (C=O) groups excluding carboxylic acids is 1. The van der Waals surface area contributed by atoms with Gasteiger partial charge < -0.3 is 9.47 Å². The summed E-state index contributed by atoms with van der Waals surface area (Å²) >= 11 is 0. The lowest BCUT2D eigenvalue weighted by atomic mass is 10.0. The standard InChI is InChI=1S/C23H30N4O3/c1-4-5-14-30-20-12-8-18(9-13-20)21-15-22(26-25-21)23(28)27-24-16(2)17-6-10-19(29-3)11-7-17/h6-13,21-22,25-26H,4-5,14-15H2,1-3H3,(H,27,28)/b24-16+. The second kappa shape index (κ2) is 10.8. The molecule has 0 aromatic heterocycles. The number of nitrogens with one attached hydrogen (secondary N) is 3. The third-order valence-electron chi connectivity index (χ3n) is 5.11. The Balaban J connectivity index is 1.51. The minimum absolute atomic E-state index is 0.0529. The maximum atomic E-state index is 12.5. The van der Waals surface area contributed by atoms with E-state index in [1.165, 1.54) is 0 Å². The van der Waals surface area contributed by atoms with Crippen molar-refractivity contribution in [3.63, 3.8) is 0 Å². The molecular weight excluding hydrogens is 380 g/mol. The first-order chi connectivity index (χ1) is 14.6. The fourth-order valence-electron chi connectivity index (χ4n) is 3.19. The summed E-state index contributed by atoms with van der Waals surface area (Å²) in [6.07, 6.45) is 2.80. The summed E-state index contributed by atoms with van der Waals surface area (Å²) in [6.45, 7) is 4.73. The number of hydrazone groups is 1. The van der Waals surface area contributed by atoms with Crippen LogP contribution in [0.25, 0.3) is 0 Å². The maximum absolute atomic E-state index is 12.5. The fourth-order valence-corrected chi connectivity index (χ4v) is 3.19. The van der Waals surface area contributed by atoms with Crippen molar-refractivity contribution in [1.29, 1.82) is 0 Å². The van der Waals surface area contributed by atoms with Crippen LogP contribution in [-0.2, 0) is 4.79 Å². The SMILES string of the molecule is CCCCOc1ccc(C2CC(C(=O)N/N=C(\C)c3ccc(OC)cc3)NN2)cc1. The molecule has 0 bridgehead atoms. The van der Waals surface area contributed by atoms with Gasteiger partial charge in [-0.05, 0) is 67.3 Å². The van der Waals surface area contributed by atoms with E-state index in [-0.39, 0.29) is 18.0 Å². The van der Waals surface area contributed by atoms with Gasteiger partial charge in [0.1, 0.15) is 17.5 Å². The number of methoxy groups -OCH3 is 1. The van der Waals surface area contributed by atoms with Gasteiger partial charge in [0.2, 0.25) is 0 Å². The van der Waals surface area contributed by atoms with Crippen molar-refractivity contribution in [1.82, 2.24) is 16.3 Å². The Kier molecular flexibility index (Phi) is 7.82. The van der Waals surface area contributed by atoms with Crippen LogP contribution in [0.3, 0.4) is 0 Å². The van der Waals surface area contributed by atoms with Crippen LogP contribution in [0.2, 0.25) is 0 Å². The molecule has 3 N–H and O–H groups in total. The Morgan fingerprint density at radius 3 is 2.47 bits per heavy atom. The van der Waals surface area contributed by atoms with Gasteiger partial charge in [0.15, 0.2) is 0 Å². The van der Waals surface area contributed by atoms with Crippen molar-refractivity contribution in [2.75, 3.05) is 13.7 Å². The highest BCUT2D eigenvalue weighted by molar-refractivity contribution is 5.99. The first kappa shape index (κ1) is 21.8. The van der Waals surface area contributed by atoms with Crippen LogP contribution in [0, 0.1) is 0 Å². The molecule has 1 heterocycles. The van der Waals surface area contributed by atoms with E-state index in [2.05, 4.69) is 28.3 Å². The predicted molar refractivity (Wildman–Crippen MR) is 118 cm³/mol. The van der Waals surface area contributed by atoms with Gasteiger partial charge in [-0.2, -0.15) is 5.10 Å². The number of carbonyl (C=O) groups is 1. The quantitative estimate of drug-likeness (QED) is 0.336. The molecule has 1 aliphatic heterocycles. The molecule has 1 amide bonds. The summed E-state index contributed by atoms with van der Waals surface area (Å²) in [7, 11) is 1.63. The van der Waals surface area contributed by atoms with Crippen LogP contribution < -0.4 is 25.8 Å². The van der Waals surface area contributed by atoms with Crippen LogP contribution in [0.4, 0.5) is 0 Å². The molecule has 0 aliphatic carbocycles. The Labute approximate surface area is 177 Å². The molecule has 1 fully saturated rings. The predicted octanol–water partition coefficient (Wildman–Crippen LogP) is 3.32. The van der Waals surface area contributed by atoms with E-state index in [0.717, 1.165) is 47.8 Å². The minimum Gasteiger partial charge on any atom is -0.497 e. The van der Waals surface area contributed by atoms with Crippen molar-refractivity contribution < 1.29 is 14.3 Å². The monoisotopic (exact) mass is 410 g/mol. The summed E-state index contributed by atoms with van der Waals surface area (Å²) in [4.78, 5) is 12.5. The number of hydrazine groups is 1. The number of benzene rings is 2. The molecule has 2 aromatic carbocycles. The van der Waals surface area contributed by atoms with Gasteiger partial charge in [-0.25, -0.2) is 16.3 Å². The van der Waals surface area contributed by atoms with Gasteiger partial charge in [-0.1, -0.05) is 25.5 Å². The number of unbranched alkanes of at least 4 members (excludes halogenated alkanes) is 1. The zero-order valence-corrected chi connectivity index (χ0v) is 17.8. The van der Waals surface area contributed by atoms with E-state index in [1.807, 2.05) is 55.5 Å². The lowest BCUT2D eigenvalue weighted by Gasteiger charge is -2.11. The maximum Gasteiger partial charge on any atom is 0.258 e. The molecule has 0 spiro atoms. The molecule has 0 radical (unpaired) electrons. The molecule has 0 saturated carbocycles. The number of ether oxygens (including phenoxy) is 2. The lowest BCUT2D eigenvalue weighted by molar-refractivity contribution is -0.122. The smallest absolute Gasteiger partial charge is 0.258 e. The summed E-state index contributed by atoms with van der Waals surface area (Å²) < 4.78 is 10.9. The second-order valence-electron chi connectivity index (χ2n) is 7.30. The number of hydrogen-bond acceptors (Lipinski definition) is 6. The first-order valence-corrected chi connectivity index (χ1v) is 10.3. The Morgan fingerprint density at radius 1 is 1.10 bits per heavy atom. The number of rotatable bonds is 9. The molecule has 2 aromatic rings. The van der Waals surface area contributed by atoms with Crippen molar-refractivity contribution in [3.8, 4) is 11.5 Å². The van der Waals surface area contributed by atoms with Gasteiger partial charge in [0.25, 0.3) is 5.91 Å². The highest BCUT2D eigenvalue weighted by Gasteiger charge is 2.30. The van der Waals surface area contributed by atoms with E-state index in [0.29, 0.717) is 6.42 Å². The van der Waals surface area contributed by atoms with E-state index in [9.17, 15) is 4.79 Å². The molecule has 2 unspecified atom stereocenters. The highest BCUT2D eigenvalue weighted by atomic mass is 16.5. The Bertz CT molecular complexity index is 850. The topological polar surface area (TPSA) is 84.0 Å². The third-order valence-corrected chi connectivity index (χ3v) is 5.11. The summed E-state index contributed by atoms with van der Waals surface area (Å²) in [5.41, 5.74) is 11.7. The minimum atomic E-state index is -0.358. The zero-order chi connectivity index (χ0) is 21.3. The second-order valence-corrected chi connectivity index (χ2v) is 7.30. The average molecular weight is 411 g/mol. The molecule has 7 heteroatoms. The van der Waals surface area contributed by atoms with Crippen LogP contribution in [0.15, 0.2) is 53.6 Å². The van der Waals surface area contributed by atoms with Crippen LogP contribution >= 0.6 is 0 Å². The van der Waals surface area contributed by atoms with Gasteiger partial charge >= 0.3 is 0 Å². The van der Waals surface area contributed by atoms with Gasteiger partial charge in [0, 0.05) is 6.04 Å². The number of hydrogen-bond donors (Lipinski definition) is 3. The summed E-state index contributed by atoms with van der Waals surface area (Å²) in [5.74, 6) is 1.48. The van der Waals surface area contributed by atoms with E-state index >= 15 is 0 Å². The lowest BCUT2D eigenvalue weighted by Crippen LogP contribution is -2.41. The van der Waals surface area contributed by atoms with Gasteiger partial charge in [-0.3, -0.25) is 4.79 Å². The molecule has 2 atom stereocenters. The van der Waals surface area contributed by atoms with Crippen molar-refractivity contribution in [2.45, 2.75) is 45.2 Å². The fraction of sp³-hybridized carbons (Fsp3) is 0.391. The molecule has 160 valence electrons. The van der Waals surface area contributed by atoms with Crippen LogP contribution in [0.5, 0.6) is 11.5 Å². The molecule has 7 nitrogen and oxygen atoms in total. The van der Waals surface area contributed by atoms with Crippen LogP contribution in [-0.4, -0.2) is 31.4 Å². The third kappa shape index (κ3) is 5.81. The summed E-state index contributed by atoms with van der Waals surface area (Å²) in [5, 5.41) is 4.23. The van der Waals surface area contributed by atoms with Gasteiger partial charge in [0.05, 0.1) is 19.4 Å². The van der Waals surface area contributed by atoms with Crippen molar-refractivity contribution >= 4 is 11.6 Å². The molecule has 3 rings (SSSR count). The number of nitrogens with zero attached hydrogens (tertiary/aromatic N) is 1. The van der Waals surface area contributed by atoms with E-state index < -0.39 is 0 Å². The average Bonchev–Trinajstić information content (AvgIpc) is 3.28.